The molecule has 0 atom stereocenters. The number of fused-ring (bicyclic) bond motifs is 1. The summed E-state index contributed by atoms with van der Waals surface area (Å²) in [6, 6.07) is 5.72. The van der Waals surface area contributed by atoms with Crippen LogP contribution < -0.4 is 0 Å². The second-order valence-corrected chi connectivity index (χ2v) is 7.87. The van der Waals surface area contributed by atoms with Crippen LogP contribution in [0.3, 0.4) is 0 Å². The minimum Gasteiger partial charge on any atom is -0.454 e. The Hall–Kier alpha value is -3.23. The van der Waals surface area contributed by atoms with Crippen molar-refractivity contribution in [2.24, 2.45) is 0 Å². The number of Topliss-reactive ketones (excluding diaryl/α,β-unsaturated/α-hetero) is 1. The zero-order valence-corrected chi connectivity index (χ0v) is 16.9. The molecule has 3 aromatic rings. The number of hydrogen-bond donors (Lipinski definition) is 0. The van der Waals surface area contributed by atoms with Crippen LogP contribution in [-0.4, -0.2) is 33.1 Å². The Kier molecular flexibility index (Phi) is 5.28. The molecular weight excluding hydrogens is 411 g/mol. The molecule has 0 amide bonds. The van der Waals surface area contributed by atoms with Gasteiger partial charge in [-0.25, -0.2) is 14.5 Å². The topological polar surface area (TPSA) is 74.1 Å². The molecule has 4 rings (SSSR count). The van der Waals surface area contributed by atoms with E-state index in [2.05, 4.69) is 10.1 Å². The van der Waals surface area contributed by atoms with Crippen LogP contribution >= 0.6 is 0 Å². The van der Waals surface area contributed by atoms with Crippen LogP contribution in [0, 0.1) is 0 Å². The van der Waals surface area contributed by atoms with Gasteiger partial charge in [0, 0.05) is 23.2 Å². The Labute approximate surface area is 176 Å². The Morgan fingerprint density at radius 2 is 1.97 bits per heavy atom. The Morgan fingerprint density at radius 3 is 2.61 bits per heavy atom. The smallest absolute Gasteiger partial charge is 0.416 e. The van der Waals surface area contributed by atoms with Gasteiger partial charge in [-0.15, -0.1) is 0 Å². The molecule has 0 saturated heterocycles. The van der Waals surface area contributed by atoms with E-state index < -0.39 is 30.1 Å². The molecule has 1 saturated carbocycles. The summed E-state index contributed by atoms with van der Waals surface area (Å²) >= 11 is 0. The number of esters is 1. The molecule has 1 aromatic carbocycles. The zero-order valence-electron chi connectivity index (χ0n) is 16.9. The lowest BCUT2D eigenvalue weighted by molar-refractivity contribution is -0.137. The fourth-order valence-electron chi connectivity index (χ4n) is 3.33. The number of benzene rings is 1. The van der Waals surface area contributed by atoms with Gasteiger partial charge in [-0.05, 0) is 44.9 Å². The first kappa shape index (κ1) is 21.0. The van der Waals surface area contributed by atoms with E-state index in [1.165, 1.54) is 12.3 Å². The van der Waals surface area contributed by atoms with Crippen molar-refractivity contribution in [2.75, 3.05) is 6.61 Å². The van der Waals surface area contributed by atoms with Gasteiger partial charge >= 0.3 is 12.1 Å². The highest BCUT2D eigenvalue weighted by Crippen LogP contribution is 2.40. The maximum absolute atomic E-state index is 12.9. The van der Waals surface area contributed by atoms with E-state index in [1.807, 2.05) is 13.8 Å². The SMILES string of the molecule is CC(C)n1ncc2c(C(=O)OCC(=O)c3cccc(C(F)(F)F)c3)cc(C3CC3)nc21. The van der Waals surface area contributed by atoms with Crippen molar-refractivity contribution in [2.45, 2.75) is 44.8 Å². The predicted octanol–water partition coefficient (Wildman–Crippen LogP) is 4.95. The largest absolute Gasteiger partial charge is 0.454 e. The monoisotopic (exact) mass is 431 g/mol. The summed E-state index contributed by atoms with van der Waals surface area (Å²) in [5.41, 5.74) is 0.474. The van der Waals surface area contributed by atoms with Crippen molar-refractivity contribution in [3.8, 4) is 0 Å². The molecule has 2 aromatic heterocycles. The third-order valence-corrected chi connectivity index (χ3v) is 5.14. The number of halogens is 3. The molecule has 1 aliphatic carbocycles. The van der Waals surface area contributed by atoms with Gasteiger partial charge < -0.3 is 4.74 Å². The average molecular weight is 431 g/mol. The van der Waals surface area contributed by atoms with E-state index in [4.69, 9.17) is 4.74 Å². The summed E-state index contributed by atoms with van der Waals surface area (Å²) in [7, 11) is 0. The lowest BCUT2D eigenvalue weighted by Crippen LogP contribution is -2.16. The first-order chi connectivity index (χ1) is 14.6. The van der Waals surface area contributed by atoms with Crippen LogP contribution in [-0.2, 0) is 10.9 Å². The lowest BCUT2D eigenvalue weighted by atomic mass is 10.1. The molecule has 1 aliphatic rings. The van der Waals surface area contributed by atoms with Crippen LogP contribution in [0.1, 0.15) is 70.6 Å². The third kappa shape index (κ3) is 4.30. The zero-order chi connectivity index (χ0) is 22.3. The summed E-state index contributed by atoms with van der Waals surface area (Å²) < 4.78 is 45.5. The Balaban J connectivity index is 1.57. The number of carbonyl (C=O) groups is 2. The molecule has 0 N–H and O–H groups in total. The molecule has 0 unspecified atom stereocenters. The second kappa shape index (κ2) is 7.79. The highest BCUT2D eigenvalue weighted by atomic mass is 19.4. The van der Waals surface area contributed by atoms with E-state index >= 15 is 0 Å². The standard InChI is InChI=1S/C22H20F3N3O3/c1-12(2)28-20-17(10-26-28)16(9-18(27-20)13-6-7-13)21(30)31-11-19(29)14-4-3-5-15(8-14)22(23,24)25/h3-5,8-10,12-13H,6-7,11H2,1-2H3. The summed E-state index contributed by atoms with van der Waals surface area (Å²) in [5.74, 6) is -1.18. The molecule has 0 radical (unpaired) electrons. The van der Waals surface area contributed by atoms with E-state index in [0.29, 0.717) is 11.0 Å². The van der Waals surface area contributed by atoms with Gasteiger partial charge in [0.1, 0.15) is 0 Å². The molecule has 0 aliphatic heterocycles. The van der Waals surface area contributed by atoms with E-state index in [-0.39, 0.29) is 23.1 Å². The van der Waals surface area contributed by atoms with Gasteiger partial charge in [0.2, 0.25) is 0 Å². The minimum atomic E-state index is -4.56. The van der Waals surface area contributed by atoms with Gasteiger partial charge in [0.15, 0.2) is 18.0 Å². The number of rotatable bonds is 6. The van der Waals surface area contributed by atoms with E-state index in [9.17, 15) is 22.8 Å². The first-order valence-electron chi connectivity index (χ1n) is 9.91. The fourth-order valence-corrected chi connectivity index (χ4v) is 3.33. The number of pyridine rings is 1. The number of alkyl halides is 3. The van der Waals surface area contributed by atoms with Gasteiger partial charge in [-0.1, -0.05) is 12.1 Å². The van der Waals surface area contributed by atoms with Crippen LogP contribution in [0.5, 0.6) is 0 Å². The maximum atomic E-state index is 12.9. The average Bonchev–Trinajstić information content (AvgIpc) is 3.49. The maximum Gasteiger partial charge on any atom is 0.416 e. The molecule has 1 fully saturated rings. The quantitative estimate of drug-likeness (QED) is 0.408. The molecule has 6 nitrogen and oxygen atoms in total. The highest BCUT2D eigenvalue weighted by molar-refractivity contribution is 6.04. The number of carbonyl (C=O) groups excluding carboxylic acids is 2. The van der Waals surface area contributed by atoms with Crippen molar-refractivity contribution >= 4 is 22.8 Å². The van der Waals surface area contributed by atoms with Crippen LogP contribution in [0.15, 0.2) is 36.5 Å². The van der Waals surface area contributed by atoms with Crippen molar-refractivity contribution in [3.05, 3.63) is 58.9 Å². The second-order valence-electron chi connectivity index (χ2n) is 7.87. The highest BCUT2D eigenvalue weighted by Gasteiger charge is 2.31. The predicted molar refractivity (Wildman–Crippen MR) is 106 cm³/mol. The molecule has 0 bridgehead atoms. The Bertz CT molecular complexity index is 1160. The van der Waals surface area contributed by atoms with Crippen molar-refractivity contribution < 1.29 is 27.5 Å². The lowest BCUT2D eigenvalue weighted by Gasteiger charge is -2.11. The molecule has 9 heteroatoms. The minimum absolute atomic E-state index is 0.0332. The normalized spacial score (nSPS) is 14.3. The van der Waals surface area contributed by atoms with Crippen LogP contribution in [0.2, 0.25) is 0 Å². The summed E-state index contributed by atoms with van der Waals surface area (Å²) in [5, 5.41) is 4.82. The molecule has 31 heavy (non-hydrogen) atoms. The molecule has 0 spiro atoms. The Morgan fingerprint density at radius 1 is 1.23 bits per heavy atom. The molecule has 2 heterocycles. The number of hydrogen-bond acceptors (Lipinski definition) is 5. The number of aromatic nitrogens is 3. The van der Waals surface area contributed by atoms with Gasteiger partial charge in [0.05, 0.1) is 22.7 Å². The van der Waals surface area contributed by atoms with Gasteiger partial charge in [0.25, 0.3) is 0 Å². The third-order valence-electron chi connectivity index (χ3n) is 5.14. The van der Waals surface area contributed by atoms with Gasteiger partial charge in [-0.3, -0.25) is 4.79 Å². The van der Waals surface area contributed by atoms with E-state index in [0.717, 1.165) is 36.7 Å². The van der Waals surface area contributed by atoms with Crippen LogP contribution in [0.4, 0.5) is 13.2 Å². The number of ketones is 1. The van der Waals surface area contributed by atoms with Crippen molar-refractivity contribution in [1.29, 1.82) is 0 Å². The first-order valence-corrected chi connectivity index (χ1v) is 9.91. The van der Waals surface area contributed by atoms with E-state index in [1.54, 1.807) is 10.7 Å². The number of nitrogens with zero attached hydrogens (tertiary/aromatic N) is 3. The number of ether oxygens (including phenoxy) is 1. The summed E-state index contributed by atoms with van der Waals surface area (Å²) in [6.07, 6.45) is -1.07. The summed E-state index contributed by atoms with van der Waals surface area (Å²) in [6.45, 7) is 3.23. The van der Waals surface area contributed by atoms with Crippen molar-refractivity contribution in [1.82, 2.24) is 14.8 Å². The molecule has 162 valence electrons. The molecular formula is C22H20F3N3O3. The fraction of sp³-hybridized carbons (Fsp3) is 0.364. The van der Waals surface area contributed by atoms with Crippen LogP contribution in [0.25, 0.3) is 11.0 Å². The van der Waals surface area contributed by atoms with Gasteiger partial charge in [-0.2, -0.15) is 18.3 Å². The van der Waals surface area contributed by atoms with Crippen molar-refractivity contribution in [3.63, 3.8) is 0 Å². The summed E-state index contributed by atoms with van der Waals surface area (Å²) in [4.78, 5) is 29.8.